The fourth-order valence-corrected chi connectivity index (χ4v) is 3.62. The zero-order valence-electron chi connectivity index (χ0n) is 15.7. The van der Waals surface area contributed by atoms with Gasteiger partial charge in [0.25, 0.3) is 0 Å². The fourth-order valence-electron chi connectivity index (χ4n) is 2.78. The van der Waals surface area contributed by atoms with Crippen LogP contribution in [0.5, 0.6) is 0 Å². The molecule has 2 aromatic carbocycles. The molecule has 0 unspecified atom stereocenters. The summed E-state index contributed by atoms with van der Waals surface area (Å²) >= 11 is 1.70. The second-order valence-corrected chi connectivity index (χ2v) is 6.89. The molecule has 0 atom stereocenters. The number of hydrogen-bond acceptors (Lipinski definition) is 3. The Labute approximate surface area is 188 Å². The molecule has 0 aliphatic heterocycles. The maximum absolute atomic E-state index is 4.38. The number of nitrogens with zero attached hydrogens (tertiary/aromatic N) is 4. The van der Waals surface area contributed by atoms with Gasteiger partial charge in [-0.25, -0.2) is 11.3 Å². The molecule has 29 heavy (non-hydrogen) atoms. The minimum absolute atomic E-state index is 0. The van der Waals surface area contributed by atoms with E-state index in [1.165, 1.54) is 10.4 Å². The summed E-state index contributed by atoms with van der Waals surface area (Å²) in [5.74, 6) is 0.963. The second kappa shape index (κ2) is 10.1. The Kier molecular flexibility index (Phi) is 7.34. The molecule has 0 bridgehead atoms. The molecule has 3 aromatic heterocycles. The number of benzene rings is 2. The number of rotatable bonds is 3. The van der Waals surface area contributed by atoms with E-state index in [1.807, 2.05) is 72.0 Å². The second-order valence-electron chi connectivity index (χ2n) is 6.01. The van der Waals surface area contributed by atoms with Crippen molar-refractivity contribution in [1.82, 2.24) is 19.3 Å². The van der Waals surface area contributed by atoms with Crippen molar-refractivity contribution in [2.75, 3.05) is 0 Å². The Morgan fingerprint density at radius 3 is 2.38 bits per heavy atom. The Morgan fingerprint density at radius 2 is 1.72 bits per heavy atom. The van der Waals surface area contributed by atoms with Crippen LogP contribution in [0, 0.1) is 12.1 Å². The summed E-state index contributed by atoms with van der Waals surface area (Å²) in [6.45, 7) is 0. The third kappa shape index (κ3) is 5.00. The van der Waals surface area contributed by atoms with E-state index in [1.54, 1.807) is 22.2 Å². The van der Waals surface area contributed by atoms with Gasteiger partial charge < -0.3 is 9.55 Å². The van der Waals surface area contributed by atoms with Crippen LogP contribution in [0.1, 0.15) is 0 Å². The van der Waals surface area contributed by atoms with Gasteiger partial charge >= 0.3 is 21.1 Å². The van der Waals surface area contributed by atoms with Gasteiger partial charge in [-0.05, 0) is 18.8 Å². The number of aryl methyl sites for hydroxylation is 1. The van der Waals surface area contributed by atoms with Crippen molar-refractivity contribution in [2.45, 2.75) is 0 Å². The first kappa shape index (κ1) is 21.0. The molecule has 0 saturated carbocycles. The SMILES string of the molecule is Cn1ccnc1-c1[c-]csc1-c1ccccc1.[Pt+2].[c-]1ccccc1-n1cccn1. The summed E-state index contributed by atoms with van der Waals surface area (Å²) < 4.78 is 3.80. The number of thiophene rings is 1. The van der Waals surface area contributed by atoms with Crippen LogP contribution >= 0.6 is 11.3 Å². The van der Waals surface area contributed by atoms with E-state index >= 15 is 0 Å². The normalized spacial score (nSPS) is 9.97. The molecule has 5 rings (SSSR count). The van der Waals surface area contributed by atoms with E-state index in [9.17, 15) is 0 Å². The molecule has 4 nitrogen and oxygen atoms in total. The maximum atomic E-state index is 4.38. The molecule has 0 aliphatic rings. The van der Waals surface area contributed by atoms with E-state index < -0.39 is 0 Å². The fraction of sp³-hybridized carbons (Fsp3) is 0.0435. The van der Waals surface area contributed by atoms with Gasteiger partial charge in [0.2, 0.25) is 0 Å². The van der Waals surface area contributed by atoms with Crippen LogP contribution in [-0.4, -0.2) is 19.3 Å². The Balaban J connectivity index is 0.000000174. The van der Waals surface area contributed by atoms with Crippen molar-refractivity contribution in [3.05, 3.63) is 103 Å². The first-order valence-corrected chi connectivity index (χ1v) is 9.70. The van der Waals surface area contributed by atoms with Crippen LogP contribution < -0.4 is 0 Å². The Bertz CT molecular complexity index is 1120. The average Bonchev–Trinajstić information content (AvgIpc) is 3.51. The predicted octanol–water partition coefficient (Wildman–Crippen LogP) is 5.29. The van der Waals surface area contributed by atoms with E-state index in [0.717, 1.165) is 17.1 Å². The van der Waals surface area contributed by atoms with Gasteiger partial charge in [-0.2, -0.15) is 35.4 Å². The average molecular weight is 578 g/mol. The molecule has 0 radical (unpaired) electrons. The summed E-state index contributed by atoms with van der Waals surface area (Å²) in [6, 6.07) is 26.4. The first-order valence-electron chi connectivity index (χ1n) is 8.82. The van der Waals surface area contributed by atoms with Gasteiger partial charge in [0.15, 0.2) is 0 Å². The minimum atomic E-state index is 0. The van der Waals surface area contributed by atoms with Crippen molar-refractivity contribution in [2.24, 2.45) is 7.05 Å². The van der Waals surface area contributed by atoms with Gasteiger partial charge in [-0.15, -0.1) is 11.6 Å². The zero-order chi connectivity index (χ0) is 19.2. The molecule has 6 heteroatoms. The summed E-state index contributed by atoms with van der Waals surface area (Å²) in [5, 5.41) is 6.06. The van der Waals surface area contributed by atoms with Gasteiger partial charge in [0.05, 0.1) is 0 Å². The number of para-hydroxylation sites is 1. The third-order valence-corrected chi connectivity index (χ3v) is 5.04. The predicted molar refractivity (Wildman–Crippen MR) is 113 cm³/mol. The van der Waals surface area contributed by atoms with Crippen molar-refractivity contribution in [3.8, 4) is 27.5 Å². The molecule has 0 spiro atoms. The summed E-state index contributed by atoms with van der Waals surface area (Å²) in [5.41, 5.74) is 3.27. The largest absolute Gasteiger partial charge is 2.00 e. The molecule has 0 fully saturated rings. The number of aromatic nitrogens is 4. The molecule has 0 saturated heterocycles. The monoisotopic (exact) mass is 577 g/mol. The van der Waals surface area contributed by atoms with Crippen molar-refractivity contribution < 1.29 is 21.1 Å². The van der Waals surface area contributed by atoms with Crippen LogP contribution in [0.15, 0.2) is 90.8 Å². The Hall–Kier alpha value is -2.75. The van der Waals surface area contributed by atoms with Crippen LogP contribution in [0.25, 0.3) is 27.5 Å². The van der Waals surface area contributed by atoms with Crippen molar-refractivity contribution >= 4 is 11.3 Å². The standard InChI is InChI=1S/C14H11N2S.C9H7N2.Pt/c1-16-9-8-15-14(16)12-7-10-17-13(12)11-5-3-2-4-6-11;1-2-5-9(6-3-1)11-8-4-7-10-11;/h2-6,8-10H,1H3;1-5,7-8H;/q2*-1;+2. The van der Waals surface area contributed by atoms with Crippen LogP contribution in [0.3, 0.4) is 0 Å². The molecular formula is C23H18N4PtS. The van der Waals surface area contributed by atoms with Crippen LogP contribution in [0.2, 0.25) is 0 Å². The van der Waals surface area contributed by atoms with E-state index in [2.05, 4.69) is 46.5 Å². The summed E-state index contributed by atoms with van der Waals surface area (Å²) in [7, 11) is 2.00. The molecule has 0 N–H and O–H groups in total. The minimum Gasteiger partial charge on any atom is -0.387 e. The summed E-state index contributed by atoms with van der Waals surface area (Å²) in [4.78, 5) is 5.60. The van der Waals surface area contributed by atoms with Crippen molar-refractivity contribution in [1.29, 1.82) is 0 Å². The zero-order valence-corrected chi connectivity index (χ0v) is 18.8. The van der Waals surface area contributed by atoms with Gasteiger partial charge in [0.1, 0.15) is 0 Å². The quantitative estimate of drug-likeness (QED) is 0.274. The van der Waals surface area contributed by atoms with E-state index in [-0.39, 0.29) is 21.1 Å². The molecule has 0 amide bonds. The molecule has 0 aliphatic carbocycles. The maximum Gasteiger partial charge on any atom is 2.00 e. The van der Waals surface area contributed by atoms with Crippen LogP contribution in [-0.2, 0) is 28.1 Å². The molecular weight excluding hydrogens is 559 g/mol. The number of imidazole rings is 1. The van der Waals surface area contributed by atoms with Gasteiger partial charge in [-0.3, -0.25) is 4.68 Å². The van der Waals surface area contributed by atoms with Crippen LogP contribution in [0.4, 0.5) is 0 Å². The van der Waals surface area contributed by atoms with Gasteiger partial charge in [-0.1, -0.05) is 46.2 Å². The van der Waals surface area contributed by atoms with Crippen molar-refractivity contribution in [3.63, 3.8) is 0 Å². The van der Waals surface area contributed by atoms with E-state index in [0.29, 0.717) is 0 Å². The molecule has 3 heterocycles. The molecule has 146 valence electrons. The smallest absolute Gasteiger partial charge is 0.387 e. The molecule has 5 aromatic rings. The third-order valence-electron chi connectivity index (χ3n) is 4.13. The topological polar surface area (TPSA) is 35.6 Å². The van der Waals surface area contributed by atoms with Gasteiger partial charge in [0, 0.05) is 30.6 Å². The van der Waals surface area contributed by atoms with E-state index in [4.69, 9.17) is 0 Å². The number of hydrogen-bond donors (Lipinski definition) is 0. The first-order chi connectivity index (χ1) is 13.8. The summed E-state index contributed by atoms with van der Waals surface area (Å²) in [6.07, 6.45) is 7.41. The Morgan fingerprint density at radius 1 is 0.897 bits per heavy atom.